The Bertz CT molecular complexity index is 1490. The number of benzene rings is 2. The molecule has 0 radical (unpaired) electrons. The smallest absolute Gasteiger partial charge is 0.410 e. The Morgan fingerprint density at radius 3 is 3.03 bits per heavy atom. The van der Waals surface area contributed by atoms with Gasteiger partial charge in [0, 0.05) is 11.6 Å². The fourth-order valence-corrected chi connectivity index (χ4v) is 5.70. The van der Waals surface area contributed by atoms with E-state index in [4.69, 9.17) is 16.3 Å². The molecule has 2 fully saturated rings. The van der Waals surface area contributed by atoms with E-state index in [1.54, 1.807) is 21.7 Å². The van der Waals surface area contributed by atoms with Gasteiger partial charge in [-0.15, -0.1) is 5.10 Å². The molecule has 1 spiro atoms. The van der Waals surface area contributed by atoms with Gasteiger partial charge in [0.05, 0.1) is 54.0 Å². The zero-order chi connectivity index (χ0) is 24.7. The molecule has 9 nitrogen and oxygen atoms in total. The lowest BCUT2D eigenvalue weighted by Gasteiger charge is -2.36. The predicted octanol–water partition coefficient (Wildman–Crippen LogP) is 4.72. The summed E-state index contributed by atoms with van der Waals surface area (Å²) in [5, 5.41) is 18.3. The molecule has 10 heteroatoms. The molecule has 182 valence electrons. The minimum Gasteiger partial charge on any atom is -0.441 e. The van der Waals surface area contributed by atoms with Crippen molar-refractivity contribution in [3.05, 3.63) is 71.3 Å². The quantitative estimate of drug-likeness (QED) is 0.392. The highest BCUT2D eigenvalue weighted by Gasteiger charge is 2.48. The number of nitriles is 1. The van der Waals surface area contributed by atoms with Crippen LogP contribution in [0.2, 0.25) is 5.02 Å². The van der Waals surface area contributed by atoms with E-state index in [0.717, 1.165) is 48.9 Å². The summed E-state index contributed by atoms with van der Waals surface area (Å²) in [6.07, 6.45) is 7.04. The lowest BCUT2D eigenvalue weighted by Crippen LogP contribution is -2.40. The Morgan fingerprint density at radius 1 is 1.25 bits per heavy atom. The van der Waals surface area contributed by atoms with Crippen LogP contribution in [0.15, 0.2) is 55.0 Å². The third-order valence-electron chi connectivity index (χ3n) is 7.12. The molecule has 1 aliphatic heterocycles. The van der Waals surface area contributed by atoms with Crippen molar-refractivity contribution in [3.63, 3.8) is 0 Å². The maximum Gasteiger partial charge on any atom is 0.410 e. The highest BCUT2D eigenvalue weighted by Crippen LogP contribution is 2.41. The molecule has 4 aromatic rings. The highest BCUT2D eigenvalue weighted by atomic mass is 35.5. The van der Waals surface area contributed by atoms with Crippen LogP contribution in [0.5, 0.6) is 0 Å². The van der Waals surface area contributed by atoms with Gasteiger partial charge in [0.25, 0.3) is 0 Å². The van der Waals surface area contributed by atoms with E-state index < -0.39 is 5.60 Å². The molecule has 2 unspecified atom stereocenters. The van der Waals surface area contributed by atoms with Crippen molar-refractivity contribution in [2.75, 3.05) is 6.54 Å². The molecule has 2 atom stereocenters. The Morgan fingerprint density at radius 2 is 2.17 bits per heavy atom. The number of hydrogen-bond donors (Lipinski definition) is 0. The Hall–Kier alpha value is -3.90. The molecule has 2 aliphatic rings. The van der Waals surface area contributed by atoms with Gasteiger partial charge < -0.3 is 9.30 Å². The first-order chi connectivity index (χ1) is 17.5. The monoisotopic (exact) mass is 501 g/mol. The molecule has 1 aliphatic carbocycles. The second-order valence-electron chi connectivity index (χ2n) is 9.72. The van der Waals surface area contributed by atoms with Crippen LogP contribution >= 0.6 is 11.6 Å². The number of ether oxygens (including phenoxy) is 1. The summed E-state index contributed by atoms with van der Waals surface area (Å²) in [7, 11) is 0. The summed E-state index contributed by atoms with van der Waals surface area (Å²) >= 11 is 6.09. The van der Waals surface area contributed by atoms with Crippen LogP contribution in [0.25, 0.3) is 16.7 Å². The van der Waals surface area contributed by atoms with Gasteiger partial charge in [0.2, 0.25) is 0 Å². The first kappa shape index (κ1) is 22.6. The molecule has 1 saturated heterocycles. The first-order valence-corrected chi connectivity index (χ1v) is 12.4. The second-order valence-corrected chi connectivity index (χ2v) is 10.2. The van der Waals surface area contributed by atoms with Crippen LogP contribution in [-0.2, 0) is 17.8 Å². The Balaban J connectivity index is 1.14. The minimum absolute atomic E-state index is 0.306. The van der Waals surface area contributed by atoms with Crippen molar-refractivity contribution in [2.24, 2.45) is 5.92 Å². The Labute approximate surface area is 212 Å². The summed E-state index contributed by atoms with van der Waals surface area (Å²) in [5.74, 6) is 0.346. The van der Waals surface area contributed by atoms with Crippen LogP contribution in [0, 0.1) is 17.2 Å². The van der Waals surface area contributed by atoms with E-state index in [9.17, 15) is 10.1 Å². The summed E-state index contributed by atoms with van der Waals surface area (Å²) in [6, 6.07) is 15.1. The predicted molar refractivity (Wildman–Crippen MR) is 132 cm³/mol. The molecule has 36 heavy (non-hydrogen) atoms. The summed E-state index contributed by atoms with van der Waals surface area (Å²) in [6.45, 7) is 1.66. The average Bonchev–Trinajstić information content (AvgIpc) is 3.57. The number of aromatic nitrogens is 5. The SMILES string of the molecule is N#Cc1ccc2ncn(CC3CCCC4(C3)CN(Cc3cn(-c5cccc(Cl)c5)nn3)C(=O)O4)c2c1. The van der Waals surface area contributed by atoms with Gasteiger partial charge in [0.15, 0.2) is 0 Å². The van der Waals surface area contributed by atoms with Gasteiger partial charge in [-0.05, 0) is 68.0 Å². The molecule has 2 aromatic heterocycles. The summed E-state index contributed by atoms with van der Waals surface area (Å²) in [5.41, 5.74) is 3.47. The molecule has 1 saturated carbocycles. The number of imidazole rings is 1. The summed E-state index contributed by atoms with van der Waals surface area (Å²) in [4.78, 5) is 19.0. The van der Waals surface area contributed by atoms with Crippen LogP contribution < -0.4 is 0 Å². The van der Waals surface area contributed by atoms with Crippen LogP contribution in [-0.4, -0.2) is 47.7 Å². The van der Waals surface area contributed by atoms with Crippen molar-refractivity contribution in [1.82, 2.24) is 29.4 Å². The molecule has 0 bridgehead atoms. The van der Waals surface area contributed by atoms with E-state index in [1.165, 1.54) is 0 Å². The normalized spacial score (nSPS) is 21.7. The number of hydrogen-bond acceptors (Lipinski definition) is 6. The zero-order valence-corrected chi connectivity index (χ0v) is 20.3. The number of amides is 1. The molecule has 6 rings (SSSR count). The lowest BCUT2D eigenvalue weighted by molar-refractivity contribution is 0.00415. The van der Waals surface area contributed by atoms with Crippen molar-refractivity contribution >= 4 is 28.7 Å². The van der Waals surface area contributed by atoms with Crippen molar-refractivity contribution in [3.8, 4) is 11.8 Å². The first-order valence-electron chi connectivity index (χ1n) is 12.0. The number of fused-ring (bicyclic) bond motifs is 1. The minimum atomic E-state index is -0.489. The Kier molecular flexibility index (Phi) is 5.61. The van der Waals surface area contributed by atoms with E-state index in [1.807, 2.05) is 42.9 Å². The standard InChI is InChI=1S/C26H24ClN7O2/c27-20-4-1-5-22(10-20)34-15-21(30-31-34)14-32-16-26(36-25(32)35)8-2-3-19(11-26)13-33-17-29-23-7-6-18(12-28)9-24(23)33/h1,4-7,9-10,15,17,19H,2-3,8,11,13-14,16H2. The molecule has 0 N–H and O–H groups in total. The highest BCUT2D eigenvalue weighted by molar-refractivity contribution is 6.30. The van der Waals surface area contributed by atoms with E-state index in [-0.39, 0.29) is 6.09 Å². The van der Waals surface area contributed by atoms with Gasteiger partial charge in [-0.2, -0.15) is 5.26 Å². The number of rotatable bonds is 5. The van der Waals surface area contributed by atoms with Gasteiger partial charge >= 0.3 is 6.09 Å². The van der Waals surface area contributed by atoms with E-state index in [2.05, 4.69) is 25.9 Å². The number of halogens is 1. The molecule has 3 heterocycles. The van der Waals surface area contributed by atoms with Gasteiger partial charge in [-0.25, -0.2) is 14.5 Å². The lowest BCUT2D eigenvalue weighted by atomic mass is 9.78. The average molecular weight is 502 g/mol. The van der Waals surface area contributed by atoms with E-state index in [0.29, 0.717) is 35.3 Å². The van der Waals surface area contributed by atoms with Crippen LogP contribution in [0.4, 0.5) is 4.79 Å². The van der Waals surface area contributed by atoms with Crippen molar-refractivity contribution in [2.45, 2.75) is 44.4 Å². The second kappa shape index (κ2) is 8.95. The fraction of sp³-hybridized carbons (Fsp3) is 0.346. The topological polar surface area (TPSA) is 102 Å². The van der Waals surface area contributed by atoms with Gasteiger partial charge in [0.1, 0.15) is 11.3 Å². The molecular formula is C26H24ClN7O2. The number of carbonyl (C=O) groups excluding carboxylic acids is 1. The molecule has 1 amide bonds. The van der Waals surface area contributed by atoms with Gasteiger partial charge in [-0.3, -0.25) is 4.90 Å². The molecular weight excluding hydrogens is 478 g/mol. The summed E-state index contributed by atoms with van der Waals surface area (Å²) < 4.78 is 9.77. The molecule has 2 aromatic carbocycles. The largest absolute Gasteiger partial charge is 0.441 e. The third-order valence-corrected chi connectivity index (χ3v) is 7.35. The number of carbonyl (C=O) groups is 1. The van der Waals surface area contributed by atoms with Crippen molar-refractivity contribution < 1.29 is 9.53 Å². The fourth-order valence-electron chi connectivity index (χ4n) is 5.51. The van der Waals surface area contributed by atoms with Crippen molar-refractivity contribution in [1.29, 1.82) is 5.26 Å². The maximum atomic E-state index is 12.8. The van der Waals surface area contributed by atoms with E-state index >= 15 is 0 Å². The maximum absolute atomic E-state index is 12.8. The third kappa shape index (κ3) is 4.29. The van der Waals surface area contributed by atoms with Gasteiger partial charge in [-0.1, -0.05) is 22.9 Å². The van der Waals surface area contributed by atoms with Crippen LogP contribution in [0.3, 0.4) is 0 Å². The zero-order valence-electron chi connectivity index (χ0n) is 19.5. The number of nitrogens with zero attached hydrogens (tertiary/aromatic N) is 7. The van der Waals surface area contributed by atoms with Crippen LogP contribution in [0.1, 0.15) is 36.9 Å².